The molecule has 2 aromatic carbocycles. The number of esters is 1. The first-order chi connectivity index (χ1) is 20.2. The maximum absolute atomic E-state index is 13.0. The smallest absolute Gasteiger partial charge is 0.331 e. The summed E-state index contributed by atoms with van der Waals surface area (Å²) in [6.45, 7) is 6.61. The molecule has 4 rings (SSSR count). The standard InChI is InChI=1S/C32H38N6O4/c1-32(2,3)42-31(41)26(37-29(39)16-13-23-10-5-4-6-11-23)22-35-30(40)24-14-15-27-25(20-24)21-36-38(27)19-9-18-34-28-12-7-8-17-33-28/h4-8,10-12,14-15,17,20-21,26H,9,13,16,18-19,22H2,1-3H3,(H,33,34)(H,35,40)(H,37,39)/t26-/m0/s1. The van der Waals surface area contributed by atoms with Crippen molar-refractivity contribution in [3.63, 3.8) is 0 Å². The van der Waals surface area contributed by atoms with Crippen LogP contribution in [0.5, 0.6) is 0 Å². The van der Waals surface area contributed by atoms with E-state index >= 15 is 0 Å². The van der Waals surface area contributed by atoms with Crippen LogP contribution in [0.15, 0.2) is 79.1 Å². The van der Waals surface area contributed by atoms with Gasteiger partial charge in [0.2, 0.25) is 5.91 Å². The van der Waals surface area contributed by atoms with Crippen LogP contribution in [0.3, 0.4) is 0 Å². The van der Waals surface area contributed by atoms with Crippen LogP contribution < -0.4 is 16.0 Å². The molecule has 1 atom stereocenters. The average molecular weight is 571 g/mol. The number of pyridine rings is 1. The first-order valence-corrected chi connectivity index (χ1v) is 14.1. The highest BCUT2D eigenvalue weighted by Crippen LogP contribution is 2.17. The third-order valence-electron chi connectivity index (χ3n) is 6.40. The summed E-state index contributed by atoms with van der Waals surface area (Å²) in [5.74, 6) is -0.436. The number of carbonyl (C=O) groups is 3. The number of amides is 2. The molecule has 0 unspecified atom stereocenters. The fourth-order valence-corrected chi connectivity index (χ4v) is 4.35. The molecule has 0 saturated carbocycles. The molecule has 2 amide bonds. The SMILES string of the molecule is CC(C)(C)OC(=O)[C@H](CNC(=O)c1ccc2c(cnn2CCCNc2ccccn2)c1)NC(=O)CCc1ccccc1. The fourth-order valence-electron chi connectivity index (χ4n) is 4.35. The summed E-state index contributed by atoms with van der Waals surface area (Å²) in [5.41, 5.74) is 1.63. The number of benzene rings is 2. The van der Waals surface area contributed by atoms with Gasteiger partial charge in [-0.2, -0.15) is 5.10 Å². The minimum absolute atomic E-state index is 0.106. The van der Waals surface area contributed by atoms with Gasteiger partial charge in [-0.05, 0) is 69.5 Å². The summed E-state index contributed by atoms with van der Waals surface area (Å²) in [6, 6.07) is 19.7. The summed E-state index contributed by atoms with van der Waals surface area (Å²) in [6.07, 6.45) is 5.07. The Balaban J connectivity index is 1.33. The molecule has 3 N–H and O–H groups in total. The van der Waals surface area contributed by atoms with Gasteiger partial charge in [-0.15, -0.1) is 0 Å². The minimum atomic E-state index is -1.03. The van der Waals surface area contributed by atoms with Gasteiger partial charge >= 0.3 is 5.97 Å². The molecule has 0 bridgehead atoms. The molecule has 0 aliphatic carbocycles. The van der Waals surface area contributed by atoms with E-state index in [9.17, 15) is 14.4 Å². The van der Waals surface area contributed by atoms with Crippen molar-refractivity contribution in [1.29, 1.82) is 0 Å². The molecule has 10 nitrogen and oxygen atoms in total. The lowest BCUT2D eigenvalue weighted by Crippen LogP contribution is -2.50. The van der Waals surface area contributed by atoms with Crippen molar-refractivity contribution in [3.8, 4) is 0 Å². The number of aromatic nitrogens is 3. The van der Waals surface area contributed by atoms with Gasteiger partial charge in [0.15, 0.2) is 0 Å². The van der Waals surface area contributed by atoms with Gasteiger partial charge in [0.05, 0.1) is 11.7 Å². The molecular formula is C32H38N6O4. The van der Waals surface area contributed by atoms with Gasteiger partial charge in [-0.1, -0.05) is 36.4 Å². The Morgan fingerprint density at radius 1 is 1.00 bits per heavy atom. The number of nitrogens with one attached hydrogen (secondary N) is 3. The van der Waals surface area contributed by atoms with Gasteiger partial charge in [-0.25, -0.2) is 9.78 Å². The number of rotatable bonds is 13. The van der Waals surface area contributed by atoms with Gasteiger partial charge in [0, 0.05) is 43.2 Å². The van der Waals surface area contributed by atoms with E-state index < -0.39 is 17.6 Å². The minimum Gasteiger partial charge on any atom is -0.458 e. The highest BCUT2D eigenvalue weighted by molar-refractivity contribution is 5.98. The molecule has 220 valence electrons. The second kappa shape index (κ2) is 14.2. The van der Waals surface area contributed by atoms with Crippen molar-refractivity contribution in [2.45, 2.75) is 58.2 Å². The van der Waals surface area contributed by atoms with Crippen molar-refractivity contribution < 1.29 is 19.1 Å². The zero-order valence-electron chi connectivity index (χ0n) is 24.3. The van der Waals surface area contributed by atoms with Crippen LogP contribution >= 0.6 is 0 Å². The van der Waals surface area contributed by atoms with Gasteiger partial charge in [0.1, 0.15) is 17.5 Å². The largest absolute Gasteiger partial charge is 0.458 e. The van der Waals surface area contributed by atoms with Crippen molar-refractivity contribution >= 4 is 34.5 Å². The first-order valence-electron chi connectivity index (χ1n) is 14.1. The molecule has 4 aromatic rings. The number of hydrogen-bond acceptors (Lipinski definition) is 7. The van der Waals surface area contributed by atoms with Crippen LogP contribution in [-0.4, -0.2) is 57.3 Å². The van der Waals surface area contributed by atoms with E-state index in [1.165, 1.54) is 0 Å². The van der Waals surface area contributed by atoms with Crippen molar-refractivity contribution in [2.75, 3.05) is 18.4 Å². The van der Waals surface area contributed by atoms with Crippen LogP contribution in [0.1, 0.15) is 49.5 Å². The van der Waals surface area contributed by atoms with Crippen molar-refractivity contribution in [2.24, 2.45) is 0 Å². The predicted molar refractivity (Wildman–Crippen MR) is 162 cm³/mol. The lowest BCUT2D eigenvalue weighted by molar-refractivity contribution is -0.158. The summed E-state index contributed by atoms with van der Waals surface area (Å²) in [5, 5.41) is 14.1. The normalized spacial score (nSPS) is 12.0. The van der Waals surface area contributed by atoms with Crippen LogP contribution in [0, 0.1) is 0 Å². The van der Waals surface area contributed by atoms with Crippen molar-refractivity contribution in [3.05, 3.63) is 90.3 Å². The molecule has 0 radical (unpaired) electrons. The second-order valence-electron chi connectivity index (χ2n) is 11.0. The third-order valence-corrected chi connectivity index (χ3v) is 6.40. The molecule has 0 aliphatic rings. The number of fused-ring (bicyclic) bond motifs is 1. The highest BCUT2D eigenvalue weighted by atomic mass is 16.6. The zero-order valence-corrected chi connectivity index (χ0v) is 24.3. The average Bonchev–Trinajstić information content (AvgIpc) is 3.38. The Labute approximate surface area is 245 Å². The Bertz CT molecular complexity index is 1480. The second-order valence-corrected chi connectivity index (χ2v) is 11.0. The summed E-state index contributed by atoms with van der Waals surface area (Å²) in [7, 11) is 0. The molecule has 0 aliphatic heterocycles. The molecule has 0 saturated heterocycles. The predicted octanol–water partition coefficient (Wildman–Crippen LogP) is 4.12. The number of anilines is 1. The van der Waals surface area contributed by atoms with E-state index in [4.69, 9.17) is 4.74 Å². The summed E-state index contributed by atoms with van der Waals surface area (Å²) < 4.78 is 7.41. The lowest BCUT2D eigenvalue weighted by Gasteiger charge is -2.25. The van der Waals surface area contributed by atoms with E-state index in [1.807, 2.05) is 59.3 Å². The molecular weight excluding hydrogens is 532 g/mol. The van der Waals surface area contributed by atoms with E-state index in [1.54, 1.807) is 45.3 Å². The zero-order chi connectivity index (χ0) is 30.0. The summed E-state index contributed by atoms with van der Waals surface area (Å²) >= 11 is 0. The Morgan fingerprint density at radius 2 is 1.79 bits per heavy atom. The molecule has 2 heterocycles. The maximum Gasteiger partial charge on any atom is 0.331 e. The molecule has 0 spiro atoms. The Hall–Kier alpha value is -4.73. The molecule has 0 fully saturated rings. The Morgan fingerprint density at radius 3 is 2.52 bits per heavy atom. The van der Waals surface area contributed by atoms with E-state index in [0.29, 0.717) is 18.5 Å². The third kappa shape index (κ3) is 9.15. The lowest BCUT2D eigenvalue weighted by atomic mass is 10.1. The van der Waals surface area contributed by atoms with Crippen LogP contribution in [0.4, 0.5) is 5.82 Å². The van der Waals surface area contributed by atoms with E-state index in [0.717, 1.165) is 35.2 Å². The van der Waals surface area contributed by atoms with Gasteiger partial charge < -0.3 is 20.7 Å². The molecule has 10 heteroatoms. The fraction of sp³-hybridized carbons (Fsp3) is 0.344. The topological polar surface area (TPSA) is 127 Å². The number of ether oxygens (including phenoxy) is 1. The first kappa shape index (κ1) is 30.2. The van der Waals surface area contributed by atoms with Gasteiger partial charge in [0.25, 0.3) is 5.91 Å². The van der Waals surface area contributed by atoms with E-state index in [-0.39, 0.29) is 24.8 Å². The number of nitrogens with zero attached hydrogens (tertiary/aromatic N) is 3. The van der Waals surface area contributed by atoms with Crippen LogP contribution in [0.25, 0.3) is 10.9 Å². The quantitative estimate of drug-likeness (QED) is 0.163. The number of hydrogen-bond donors (Lipinski definition) is 3. The number of aryl methyl sites for hydroxylation is 2. The van der Waals surface area contributed by atoms with E-state index in [2.05, 4.69) is 26.0 Å². The van der Waals surface area contributed by atoms with Gasteiger partial charge in [-0.3, -0.25) is 14.3 Å². The molecule has 42 heavy (non-hydrogen) atoms. The number of carbonyl (C=O) groups excluding carboxylic acids is 3. The Kier molecular flexibility index (Phi) is 10.3. The highest BCUT2D eigenvalue weighted by Gasteiger charge is 2.27. The monoisotopic (exact) mass is 570 g/mol. The van der Waals surface area contributed by atoms with Crippen LogP contribution in [-0.2, 0) is 27.3 Å². The maximum atomic E-state index is 13.0. The van der Waals surface area contributed by atoms with Crippen molar-refractivity contribution in [1.82, 2.24) is 25.4 Å². The molecule has 2 aromatic heterocycles. The summed E-state index contributed by atoms with van der Waals surface area (Å²) in [4.78, 5) is 42.8. The van der Waals surface area contributed by atoms with Crippen LogP contribution in [0.2, 0.25) is 0 Å².